The minimum absolute atomic E-state index is 0.168. The molecule has 1 N–H and O–H groups in total. The lowest BCUT2D eigenvalue weighted by atomic mass is 9.82. The van der Waals surface area contributed by atoms with Crippen LogP contribution in [-0.4, -0.2) is 16.5 Å². The molecular weight excluding hydrogens is 188 g/mol. The molecule has 0 unspecified atom stereocenters. The van der Waals surface area contributed by atoms with Crippen LogP contribution < -0.4 is 0 Å². The Bertz CT molecular complexity index is 221. The van der Waals surface area contributed by atoms with E-state index in [1.165, 1.54) is 25.7 Å². The minimum Gasteiger partial charge on any atom is -0.382 e. The molecule has 0 amide bonds. The second-order valence-corrected chi connectivity index (χ2v) is 5.29. The molecule has 0 atom stereocenters. The number of carbonyl (C=O) groups excluding carboxylic acids is 1. The van der Waals surface area contributed by atoms with E-state index in [0.29, 0.717) is 12.8 Å². The number of hydrogen-bond donors (Lipinski definition) is 1. The van der Waals surface area contributed by atoms with Crippen molar-refractivity contribution in [2.75, 3.05) is 0 Å². The maximum atomic E-state index is 12.2. The van der Waals surface area contributed by atoms with E-state index in [9.17, 15) is 9.90 Å². The molecule has 0 aromatic rings. The van der Waals surface area contributed by atoms with Crippen molar-refractivity contribution >= 4 is 5.78 Å². The van der Waals surface area contributed by atoms with Gasteiger partial charge < -0.3 is 5.11 Å². The highest BCUT2D eigenvalue weighted by molar-refractivity contribution is 5.89. The lowest BCUT2D eigenvalue weighted by molar-refractivity contribution is -0.142. The maximum absolute atomic E-state index is 12.2. The Labute approximate surface area is 92.1 Å². The molecule has 86 valence electrons. The molecule has 2 nitrogen and oxygen atoms in total. The predicted molar refractivity (Wildman–Crippen MR) is 59.6 cm³/mol. The van der Waals surface area contributed by atoms with Gasteiger partial charge in [-0.25, -0.2) is 0 Å². The first kappa shape index (κ1) is 11.1. The molecule has 0 aromatic carbocycles. The Kier molecular flexibility index (Phi) is 3.45. The fourth-order valence-corrected chi connectivity index (χ4v) is 3.13. The van der Waals surface area contributed by atoms with Gasteiger partial charge in [-0.2, -0.15) is 0 Å². The van der Waals surface area contributed by atoms with Gasteiger partial charge in [0.05, 0.1) is 0 Å². The van der Waals surface area contributed by atoms with Crippen LogP contribution in [0.4, 0.5) is 0 Å². The molecule has 2 aliphatic rings. The van der Waals surface area contributed by atoms with Gasteiger partial charge in [0, 0.05) is 5.92 Å². The van der Waals surface area contributed by atoms with Gasteiger partial charge in [0.1, 0.15) is 5.60 Å². The van der Waals surface area contributed by atoms with E-state index in [4.69, 9.17) is 0 Å². The summed E-state index contributed by atoms with van der Waals surface area (Å²) in [5.41, 5.74) is -0.953. The summed E-state index contributed by atoms with van der Waals surface area (Å²) in [6.45, 7) is 0. The van der Waals surface area contributed by atoms with Crippen molar-refractivity contribution in [2.24, 2.45) is 5.92 Å². The Morgan fingerprint density at radius 2 is 1.47 bits per heavy atom. The van der Waals surface area contributed by atoms with E-state index < -0.39 is 5.60 Å². The van der Waals surface area contributed by atoms with Crippen LogP contribution in [-0.2, 0) is 4.79 Å². The Morgan fingerprint density at radius 1 is 0.933 bits per heavy atom. The van der Waals surface area contributed by atoms with Gasteiger partial charge in [-0.1, -0.05) is 38.5 Å². The van der Waals surface area contributed by atoms with Crippen LogP contribution >= 0.6 is 0 Å². The molecule has 0 heterocycles. The summed E-state index contributed by atoms with van der Waals surface area (Å²) in [5, 5.41) is 10.4. The largest absolute Gasteiger partial charge is 0.382 e. The Balaban J connectivity index is 2.01. The predicted octanol–water partition coefficient (Wildman–Crippen LogP) is 2.83. The van der Waals surface area contributed by atoms with Crippen molar-refractivity contribution in [3.63, 3.8) is 0 Å². The zero-order valence-corrected chi connectivity index (χ0v) is 9.50. The Hall–Kier alpha value is -0.370. The first-order chi connectivity index (χ1) is 7.22. The first-order valence-electron chi connectivity index (χ1n) is 6.49. The lowest BCUT2D eigenvalue weighted by Gasteiger charge is -2.27. The quantitative estimate of drug-likeness (QED) is 0.712. The van der Waals surface area contributed by atoms with E-state index in [-0.39, 0.29) is 11.7 Å². The number of ketones is 1. The summed E-state index contributed by atoms with van der Waals surface area (Å²) < 4.78 is 0. The van der Waals surface area contributed by atoms with Crippen LogP contribution in [0.2, 0.25) is 0 Å². The lowest BCUT2D eigenvalue weighted by Crippen LogP contribution is -2.41. The normalized spacial score (nSPS) is 27.5. The van der Waals surface area contributed by atoms with Crippen molar-refractivity contribution in [3.8, 4) is 0 Å². The summed E-state index contributed by atoms with van der Waals surface area (Å²) in [7, 11) is 0. The minimum atomic E-state index is -0.953. The molecule has 0 aliphatic heterocycles. The zero-order chi connectivity index (χ0) is 10.7. The first-order valence-corrected chi connectivity index (χ1v) is 6.49. The highest BCUT2D eigenvalue weighted by atomic mass is 16.3. The van der Waals surface area contributed by atoms with Crippen LogP contribution in [0, 0.1) is 5.92 Å². The number of hydrogen-bond acceptors (Lipinski definition) is 2. The van der Waals surface area contributed by atoms with Crippen LogP contribution in [0.15, 0.2) is 0 Å². The third kappa shape index (κ3) is 2.41. The van der Waals surface area contributed by atoms with Gasteiger partial charge in [-0.05, 0) is 25.7 Å². The van der Waals surface area contributed by atoms with E-state index in [1.54, 1.807) is 0 Å². The number of aliphatic hydroxyl groups is 1. The monoisotopic (exact) mass is 210 g/mol. The molecule has 0 spiro atoms. The molecule has 2 rings (SSSR count). The van der Waals surface area contributed by atoms with Crippen molar-refractivity contribution in [3.05, 3.63) is 0 Å². The van der Waals surface area contributed by atoms with Crippen molar-refractivity contribution < 1.29 is 9.90 Å². The van der Waals surface area contributed by atoms with Crippen molar-refractivity contribution in [1.29, 1.82) is 0 Å². The number of carbonyl (C=O) groups is 1. The van der Waals surface area contributed by atoms with Gasteiger partial charge >= 0.3 is 0 Å². The van der Waals surface area contributed by atoms with Crippen LogP contribution in [0.5, 0.6) is 0 Å². The summed E-state index contributed by atoms with van der Waals surface area (Å²) >= 11 is 0. The van der Waals surface area contributed by atoms with Gasteiger partial charge in [0.25, 0.3) is 0 Å². The van der Waals surface area contributed by atoms with E-state index in [0.717, 1.165) is 25.7 Å². The van der Waals surface area contributed by atoms with Gasteiger partial charge in [-0.15, -0.1) is 0 Å². The number of rotatable bonds is 2. The molecule has 2 saturated carbocycles. The molecule has 0 radical (unpaired) electrons. The summed E-state index contributed by atoms with van der Waals surface area (Å²) in [6.07, 6.45) is 10.2. The second-order valence-electron chi connectivity index (χ2n) is 5.29. The van der Waals surface area contributed by atoms with Gasteiger partial charge in [0.2, 0.25) is 0 Å². The van der Waals surface area contributed by atoms with Gasteiger partial charge in [-0.3, -0.25) is 4.79 Å². The van der Waals surface area contributed by atoms with Crippen LogP contribution in [0.1, 0.15) is 64.2 Å². The summed E-state index contributed by atoms with van der Waals surface area (Å²) in [4.78, 5) is 12.2. The maximum Gasteiger partial charge on any atom is 0.167 e. The average molecular weight is 210 g/mol. The van der Waals surface area contributed by atoms with Crippen molar-refractivity contribution in [1.82, 2.24) is 0 Å². The fraction of sp³-hybridized carbons (Fsp3) is 0.923. The molecular formula is C13H22O2. The van der Waals surface area contributed by atoms with Crippen molar-refractivity contribution in [2.45, 2.75) is 69.8 Å². The number of Topliss-reactive ketones (excluding diaryl/α,β-unsaturated/α-hetero) is 1. The summed E-state index contributed by atoms with van der Waals surface area (Å²) in [6, 6.07) is 0. The highest BCUT2D eigenvalue weighted by Crippen LogP contribution is 2.35. The molecule has 2 fully saturated rings. The van der Waals surface area contributed by atoms with E-state index in [2.05, 4.69) is 0 Å². The zero-order valence-electron chi connectivity index (χ0n) is 9.50. The average Bonchev–Trinajstić information content (AvgIpc) is 2.67. The third-order valence-corrected chi connectivity index (χ3v) is 4.12. The smallest absolute Gasteiger partial charge is 0.167 e. The van der Waals surface area contributed by atoms with Crippen LogP contribution in [0.25, 0.3) is 0 Å². The fourth-order valence-electron chi connectivity index (χ4n) is 3.13. The molecule has 0 bridgehead atoms. The third-order valence-electron chi connectivity index (χ3n) is 4.12. The highest BCUT2D eigenvalue weighted by Gasteiger charge is 2.40. The second kappa shape index (κ2) is 4.65. The SMILES string of the molecule is O=C(C1CCCC1)C1(O)CCCCCC1. The summed E-state index contributed by atoms with van der Waals surface area (Å²) in [5.74, 6) is 0.343. The molecule has 0 saturated heterocycles. The Morgan fingerprint density at radius 3 is 2.00 bits per heavy atom. The van der Waals surface area contributed by atoms with Crippen LogP contribution in [0.3, 0.4) is 0 Å². The molecule has 2 heteroatoms. The molecule has 0 aromatic heterocycles. The molecule has 15 heavy (non-hydrogen) atoms. The molecule has 2 aliphatic carbocycles. The van der Waals surface area contributed by atoms with Gasteiger partial charge in [0.15, 0.2) is 5.78 Å². The standard InChI is InChI=1S/C13H22O2/c14-12(11-7-3-4-8-11)13(15)9-5-1-2-6-10-13/h11,15H,1-10H2. The van der Waals surface area contributed by atoms with E-state index >= 15 is 0 Å². The van der Waals surface area contributed by atoms with E-state index in [1.807, 2.05) is 0 Å². The topological polar surface area (TPSA) is 37.3 Å².